The highest BCUT2D eigenvalue weighted by Crippen LogP contribution is 2.38. The molecule has 0 unspecified atom stereocenters. The molecule has 0 aliphatic carbocycles. The second-order valence-corrected chi connectivity index (χ2v) is 6.83. The minimum atomic E-state index is -1.69. The van der Waals surface area contributed by atoms with Crippen LogP contribution in [0.1, 0.15) is 35.7 Å². The second-order valence-electron chi connectivity index (χ2n) is 5.91. The number of amides is 1. The van der Waals surface area contributed by atoms with Crippen LogP contribution in [0.2, 0.25) is 0 Å². The highest BCUT2D eigenvalue weighted by Gasteiger charge is 2.46. The van der Waals surface area contributed by atoms with Crippen LogP contribution in [0.25, 0.3) is 0 Å². The third-order valence-electron chi connectivity index (χ3n) is 4.28. The number of halogens is 1. The molecule has 134 valence electrons. The highest BCUT2D eigenvalue weighted by molar-refractivity contribution is 9.10. The summed E-state index contributed by atoms with van der Waals surface area (Å²) in [6.07, 6.45) is 0.705. The van der Waals surface area contributed by atoms with Gasteiger partial charge < -0.3 is 5.11 Å². The average molecular weight is 418 g/mol. The van der Waals surface area contributed by atoms with Crippen molar-refractivity contribution in [3.8, 4) is 0 Å². The summed E-state index contributed by atoms with van der Waals surface area (Å²) in [5.74, 6) is -0.717. The van der Waals surface area contributed by atoms with Gasteiger partial charge in [0.1, 0.15) is 5.56 Å². The monoisotopic (exact) mass is 417 g/mol. The van der Waals surface area contributed by atoms with Crippen molar-refractivity contribution >= 4 is 33.2 Å². The highest BCUT2D eigenvalue weighted by atomic mass is 79.9. The van der Waals surface area contributed by atoms with E-state index in [0.29, 0.717) is 17.7 Å². The van der Waals surface area contributed by atoms with Gasteiger partial charge in [-0.2, -0.15) is 10.1 Å². The number of benzene rings is 2. The molecule has 7 nitrogen and oxygen atoms in total. The van der Waals surface area contributed by atoms with Gasteiger partial charge in [-0.3, -0.25) is 14.9 Å². The minimum absolute atomic E-state index is 0.117. The summed E-state index contributed by atoms with van der Waals surface area (Å²) in [5, 5.41) is 27.8. The molecule has 0 saturated heterocycles. The molecule has 2 aromatic rings. The van der Waals surface area contributed by atoms with Crippen molar-refractivity contribution in [1.29, 1.82) is 0 Å². The summed E-state index contributed by atoms with van der Waals surface area (Å²) < 4.78 is 0.830. The molecule has 0 radical (unpaired) electrons. The van der Waals surface area contributed by atoms with Crippen LogP contribution in [-0.4, -0.2) is 26.7 Å². The Morgan fingerprint density at radius 1 is 1.31 bits per heavy atom. The number of carbonyl (C=O) groups excluding carboxylic acids is 1. The van der Waals surface area contributed by atoms with E-state index in [-0.39, 0.29) is 17.7 Å². The first kappa shape index (κ1) is 18.2. The number of rotatable bonds is 4. The van der Waals surface area contributed by atoms with Crippen LogP contribution in [0.4, 0.5) is 5.69 Å². The quantitative estimate of drug-likeness (QED) is 0.603. The topological polar surface area (TPSA) is 96.0 Å². The molecule has 1 aliphatic heterocycles. The number of hydrazone groups is 1. The van der Waals surface area contributed by atoms with Crippen LogP contribution >= 0.6 is 15.9 Å². The first-order valence-corrected chi connectivity index (χ1v) is 8.79. The maximum atomic E-state index is 13.0. The van der Waals surface area contributed by atoms with Crippen LogP contribution in [0.15, 0.2) is 58.1 Å². The van der Waals surface area contributed by atoms with Gasteiger partial charge in [-0.15, -0.1) is 0 Å². The Bertz CT molecular complexity index is 898. The van der Waals surface area contributed by atoms with Crippen molar-refractivity contribution in [3.63, 3.8) is 0 Å². The smallest absolute Gasteiger partial charge is 0.283 e. The molecule has 3 rings (SSSR count). The van der Waals surface area contributed by atoms with Gasteiger partial charge in [0.15, 0.2) is 5.72 Å². The zero-order valence-electron chi connectivity index (χ0n) is 13.9. The molecule has 26 heavy (non-hydrogen) atoms. The van der Waals surface area contributed by atoms with Crippen LogP contribution in [0.5, 0.6) is 0 Å². The van der Waals surface area contributed by atoms with E-state index in [2.05, 4.69) is 21.0 Å². The summed E-state index contributed by atoms with van der Waals surface area (Å²) in [4.78, 5) is 23.7. The molecule has 1 atom stereocenters. The van der Waals surface area contributed by atoms with Crippen molar-refractivity contribution in [3.05, 3.63) is 74.2 Å². The standard InChI is InChI=1S/C18H16BrN3O4/c1-2-14-11-18(24,12-7-9-13(19)10-8-12)21(20-14)17(23)15-5-3-4-6-16(15)22(25)26/h3-10,24H,2,11H2,1H3/t18-/m1/s1. The molecule has 0 aromatic heterocycles. The van der Waals surface area contributed by atoms with E-state index in [1.807, 2.05) is 6.92 Å². The lowest BCUT2D eigenvalue weighted by atomic mass is 9.96. The number of para-hydroxylation sites is 1. The van der Waals surface area contributed by atoms with Crippen molar-refractivity contribution in [2.45, 2.75) is 25.5 Å². The molecule has 1 aliphatic rings. The summed E-state index contributed by atoms with van der Waals surface area (Å²) in [6, 6.07) is 12.5. The third kappa shape index (κ3) is 3.13. The normalized spacial score (nSPS) is 19.3. The Kier molecular flexibility index (Phi) is 4.88. The van der Waals surface area contributed by atoms with E-state index >= 15 is 0 Å². The largest absolute Gasteiger partial charge is 0.365 e. The van der Waals surface area contributed by atoms with E-state index in [1.165, 1.54) is 18.2 Å². The molecule has 0 bridgehead atoms. The maximum Gasteiger partial charge on any atom is 0.283 e. The van der Waals surface area contributed by atoms with Gasteiger partial charge in [0.25, 0.3) is 11.6 Å². The number of aliphatic hydroxyl groups is 1. The Morgan fingerprint density at radius 2 is 1.96 bits per heavy atom. The molecule has 1 heterocycles. The van der Waals surface area contributed by atoms with E-state index in [0.717, 1.165) is 9.48 Å². The molecule has 8 heteroatoms. The van der Waals surface area contributed by atoms with Gasteiger partial charge in [-0.05, 0) is 24.6 Å². The Labute approximate surface area is 158 Å². The Hall–Kier alpha value is -2.58. The molecular weight excluding hydrogens is 402 g/mol. The fraction of sp³-hybridized carbons (Fsp3) is 0.222. The lowest BCUT2D eigenvalue weighted by Crippen LogP contribution is -2.43. The van der Waals surface area contributed by atoms with Gasteiger partial charge >= 0.3 is 0 Å². The van der Waals surface area contributed by atoms with Gasteiger partial charge in [0, 0.05) is 28.2 Å². The number of hydrogen-bond acceptors (Lipinski definition) is 5. The molecule has 0 fully saturated rings. The number of hydrogen-bond donors (Lipinski definition) is 1. The summed E-state index contributed by atoms with van der Waals surface area (Å²) in [7, 11) is 0. The molecular formula is C18H16BrN3O4. The van der Waals surface area contributed by atoms with E-state index < -0.39 is 16.6 Å². The zero-order chi connectivity index (χ0) is 18.9. The lowest BCUT2D eigenvalue weighted by Gasteiger charge is -2.31. The van der Waals surface area contributed by atoms with Crippen LogP contribution in [0.3, 0.4) is 0 Å². The predicted molar refractivity (Wildman–Crippen MR) is 99.6 cm³/mol. The van der Waals surface area contributed by atoms with Gasteiger partial charge in [0.05, 0.1) is 4.92 Å². The minimum Gasteiger partial charge on any atom is -0.365 e. The van der Waals surface area contributed by atoms with Crippen molar-refractivity contribution in [2.24, 2.45) is 5.10 Å². The van der Waals surface area contributed by atoms with Crippen LogP contribution in [0, 0.1) is 10.1 Å². The number of nitro groups is 1. The second kappa shape index (κ2) is 6.97. The Balaban J connectivity index is 2.08. The fourth-order valence-corrected chi connectivity index (χ4v) is 3.16. The molecule has 2 aromatic carbocycles. The number of nitro benzene ring substituents is 1. The zero-order valence-corrected chi connectivity index (χ0v) is 15.5. The predicted octanol–water partition coefficient (Wildman–Crippen LogP) is 3.81. The number of nitrogens with zero attached hydrogens (tertiary/aromatic N) is 3. The molecule has 1 N–H and O–H groups in total. The summed E-state index contributed by atoms with van der Waals surface area (Å²) in [6.45, 7) is 1.87. The van der Waals surface area contributed by atoms with Crippen LogP contribution < -0.4 is 0 Å². The molecule has 0 saturated carbocycles. The van der Waals surface area contributed by atoms with Gasteiger partial charge in [0.2, 0.25) is 0 Å². The third-order valence-corrected chi connectivity index (χ3v) is 4.81. The SMILES string of the molecule is CCC1=NN(C(=O)c2ccccc2[N+](=O)[O-])[C@](O)(c2ccc(Br)cc2)C1. The van der Waals surface area contributed by atoms with Gasteiger partial charge in [-0.25, -0.2) is 0 Å². The fourth-order valence-electron chi connectivity index (χ4n) is 2.90. The van der Waals surface area contributed by atoms with Crippen molar-refractivity contribution in [1.82, 2.24) is 5.01 Å². The maximum absolute atomic E-state index is 13.0. The Morgan fingerprint density at radius 3 is 2.58 bits per heavy atom. The first-order valence-electron chi connectivity index (χ1n) is 7.99. The van der Waals surface area contributed by atoms with Crippen LogP contribution in [-0.2, 0) is 5.72 Å². The number of carbonyl (C=O) groups is 1. The first-order chi connectivity index (χ1) is 12.4. The van der Waals surface area contributed by atoms with Crippen molar-refractivity contribution in [2.75, 3.05) is 0 Å². The van der Waals surface area contributed by atoms with E-state index in [9.17, 15) is 20.0 Å². The summed E-state index contributed by atoms with van der Waals surface area (Å²) in [5.41, 5.74) is -1.00. The van der Waals surface area contributed by atoms with E-state index in [4.69, 9.17) is 0 Å². The van der Waals surface area contributed by atoms with Gasteiger partial charge in [-0.1, -0.05) is 47.1 Å². The summed E-state index contributed by atoms with van der Waals surface area (Å²) >= 11 is 3.34. The van der Waals surface area contributed by atoms with E-state index in [1.54, 1.807) is 30.3 Å². The lowest BCUT2D eigenvalue weighted by molar-refractivity contribution is -0.385. The van der Waals surface area contributed by atoms with Crippen molar-refractivity contribution < 1.29 is 14.8 Å². The molecule has 1 amide bonds. The average Bonchev–Trinajstić information content (AvgIpc) is 2.99. The molecule has 0 spiro atoms.